The summed E-state index contributed by atoms with van der Waals surface area (Å²) in [6.07, 6.45) is 3.45. The molecule has 0 N–H and O–H groups in total. The Morgan fingerprint density at radius 2 is 2.00 bits per heavy atom. The third-order valence-corrected chi connectivity index (χ3v) is 5.08. The van der Waals surface area contributed by atoms with Crippen LogP contribution in [0.1, 0.15) is 18.1 Å². The molecule has 5 nitrogen and oxygen atoms in total. The van der Waals surface area contributed by atoms with Crippen LogP contribution in [0, 0.1) is 19.7 Å². The van der Waals surface area contributed by atoms with E-state index in [4.69, 9.17) is 4.74 Å². The van der Waals surface area contributed by atoms with Crippen molar-refractivity contribution in [2.24, 2.45) is 4.99 Å². The molecule has 0 amide bonds. The molecule has 0 unspecified atom stereocenters. The quantitative estimate of drug-likeness (QED) is 0.280. The summed E-state index contributed by atoms with van der Waals surface area (Å²) in [5.41, 5.74) is 2.87. The van der Waals surface area contributed by atoms with Crippen LogP contribution in [0.5, 0.6) is 11.6 Å². The molecule has 0 saturated carbocycles. The molecule has 1 aromatic heterocycles. The van der Waals surface area contributed by atoms with Crippen LogP contribution in [0.2, 0.25) is 0 Å². The molecule has 0 saturated heterocycles. The average Bonchev–Trinajstić information content (AvgIpc) is 2.69. The third-order valence-electron chi connectivity index (χ3n) is 4.21. The fourth-order valence-corrected chi connectivity index (χ4v) is 3.22. The van der Waals surface area contributed by atoms with Crippen molar-refractivity contribution in [1.29, 1.82) is 0 Å². The lowest BCUT2D eigenvalue weighted by Gasteiger charge is -2.12. The van der Waals surface area contributed by atoms with Crippen LogP contribution in [-0.2, 0) is 0 Å². The zero-order valence-corrected chi connectivity index (χ0v) is 17.7. The highest BCUT2D eigenvalue weighted by Gasteiger charge is 2.09. The van der Waals surface area contributed by atoms with E-state index in [2.05, 4.69) is 21.9 Å². The van der Waals surface area contributed by atoms with Gasteiger partial charge in [-0.15, -0.1) is 0 Å². The maximum absolute atomic E-state index is 13.4. The fraction of sp³-hybridized carbons (Fsp3) is 0.227. The molecule has 3 rings (SSSR count). The minimum atomic E-state index is -0.290. The summed E-state index contributed by atoms with van der Waals surface area (Å²) in [6, 6.07) is 12.0. The van der Waals surface area contributed by atoms with Crippen molar-refractivity contribution < 1.29 is 9.13 Å². The largest absolute Gasteiger partial charge is 0.439 e. The number of aryl methyl sites for hydroxylation is 2. The van der Waals surface area contributed by atoms with Gasteiger partial charge in [-0.05, 0) is 74.0 Å². The van der Waals surface area contributed by atoms with Crippen molar-refractivity contribution >= 4 is 23.8 Å². The monoisotopic (exact) mass is 410 g/mol. The second-order valence-electron chi connectivity index (χ2n) is 6.56. The topological polar surface area (TPSA) is 50.6 Å². The van der Waals surface area contributed by atoms with Crippen LogP contribution in [0.15, 0.2) is 63.7 Å². The number of ether oxygens (including phenoxy) is 1. The van der Waals surface area contributed by atoms with Crippen LogP contribution >= 0.6 is 11.8 Å². The lowest BCUT2D eigenvalue weighted by molar-refractivity contribution is 0.452. The van der Waals surface area contributed by atoms with E-state index in [0.29, 0.717) is 16.8 Å². The minimum Gasteiger partial charge on any atom is -0.439 e. The number of nitrogens with zero attached hydrogens (tertiary/aromatic N) is 4. The molecule has 0 bridgehead atoms. The van der Waals surface area contributed by atoms with Crippen LogP contribution in [0.3, 0.4) is 0 Å². The van der Waals surface area contributed by atoms with E-state index in [1.807, 2.05) is 50.3 Å². The summed E-state index contributed by atoms with van der Waals surface area (Å²) in [4.78, 5) is 15.9. The molecule has 0 atom stereocenters. The SMILES string of the molecule is CCN(C)C=Nc1cc(C)c(Oc2ccnc(Sc3cccc(F)c3)n2)cc1C. The van der Waals surface area contributed by atoms with E-state index in [1.54, 1.807) is 18.3 Å². The smallest absolute Gasteiger partial charge is 0.223 e. The molecule has 0 fully saturated rings. The van der Waals surface area contributed by atoms with E-state index in [0.717, 1.165) is 28.3 Å². The summed E-state index contributed by atoms with van der Waals surface area (Å²) in [7, 11) is 1.98. The zero-order chi connectivity index (χ0) is 20.8. The molecular formula is C22H23FN4OS. The Hall–Kier alpha value is -2.93. The van der Waals surface area contributed by atoms with Gasteiger partial charge in [-0.25, -0.2) is 14.4 Å². The Balaban J connectivity index is 1.78. The summed E-state index contributed by atoms with van der Waals surface area (Å²) in [5, 5.41) is 0.492. The number of aromatic nitrogens is 2. The number of halogens is 1. The molecule has 2 aromatic carbocycles. The Morgan fingerprint density at radius 3 is 2.76 bits per heavy atom. The summed E-state index contributed by atoms with van der Waals surface area (Å²) in [6.45, 7) is 6.94. The Labute approximate surface area is 174 Å². The predicted octanol–water partition coefficient (Wildman–Crippen LogP) is 5.79. The Bertz CT molecular complexity index is 1030. The molecule has 0 radical (unpaired) electrons. The first-order valence-corrected chi connectivity index (χ1v) is 10.1. The van der Waals surface area contributed by atoms with Crippen LogP contribution < -0.4 is 4.74 Å². The molecule has 0 aliphatic carbocycles. The number of hydrogen-bond acceptors (Lipinski definition) is 5. The lowest BCUT2D eigenvalue weighted by Crippen LogP contribution is -2.14. The van der Waals surface area contributed by atoms with Crippen LogP contribution in [0.25, 0.3) is 0 Å². The van der Waals surface area contributed by atoms with Crippen molar-refractivity contribution in [3.63, 3.8) is 0 Å². The van der Waals surface area contributed by atoms with Gasteiger partial charge in [-0.2, -0.15) is 4.98 Å². The maximum atomic E-state index is 13.4. The number of benzene rings is 2. The van der Waals surface area contributed by atoms with Gasteiger partial charge in [0.25, 0.3) is 0 Å². The van der Waals surface area contributed by atoms with E-state index in [-0.39, 0.29) is 5.82 Å². The molecule has 0 aliphatic rings. The molecule has 150 valence electrons. The highest BCUT2D eigenvalue weighted by molar-refractivity contribution is 7.99. The van der Waals surface area contributed by atoms with Crippen molar-refractivity contribution in [1.82, 2.24) is 14.9 Å². The van der Waals surface area contributed by atoms with Gasteiger partial charge in [0.2, 0.25) is 5.88 Å². The highest BCUT2D eigenvalue weighted by Crippen LogP contribution is 2.32. The molecular weight excluding hydrogens is 387 g/mol. The molecule has 7 heteroatoms. The van der Waals surface area contributed by atoms with Gasteiger partial charge in [-0.3, -0.25) is 0 Å². The predicted molar refractivity (Wildman–Crippen MR) is 115 cm³/mol. The van der Waals surface area contributed by atoms with Gasteiger partial charge < -0.3 is 9.64 Å². The normalized spacial score (nSPS) is 11.1. The van der Waals surface area contributed by atoms with Crippen molar-refractivity contribution in [2.45, 2.75) is 30.8 Å². The average molecular weight is 411 g/mol. The second kappa shape index (κ2) is 9.52. The van der Waals surface area contributed by atoms with E-state index < -0.39 is 0 Å². The molecule has 0 spiro atoms. The Kier molecular flexibility index (Phi) is 6.82. The Morgan fingerprint density at radius 1 is 1.17 bits per heavy atom. The summed E-state index contributed by atoms with van der Waals surface area (Å²) in [5.74, 6) is 0.857. The lowest BCUT2D eigenvalue weighted by atomic mass is 10.1. The summed E-state index contributed by atoms with van der Waals surface area (Å²) >= 11 is 1.28. The van der Waals surface area contributed by atoms with E-state index in [1.165, 1.54) is 23.9 Å². The summed E-state index contributed by atoms with van der Waals surface area (Å²) < 4.78 is 19.4. The van der Waals surface area contributed by atoms with E-state index in [9.17, 15) is 4.39 Å². The zero-order valence-electron chi connectivity index (χ0n) is 16.9. The van der Waals surface area contributed by atoms with Gasteiger partial charge in [-0.1, -0.05) is 6.07 Å². The first kappa shape index (κ1) is 20.8. The first-order chi connectivity index (χ1) is 13.9. The number of hydrogen-bond donors (Lipinski definition) is 0. The van der Waals surface area contributed by atoms with Crippen molar-refractivity contribution in [2.75, 3.05) is 13.6 Å². The van der Waals surface area contributed by atoms with Crippen LogP contribution in [-0.4, -0.2) is 34.8 Å². The van der Waals surface area contributed by atoms with Gasteiger partial charge in [0.15, 0.2) is 5.16 Å². The maximum Gasteiger partial charge on any atom is 0.223 e. The standard InChI is InChI=1S/C22H23FN4OS/c1-5-27(4)14-25-19-11-16(3)20(12-15(19)2)28-21-9-10-24-22(26-21)29-18-8-6-7-17(23)13-18/h6-14H,5H2,1-4H3. The molecule has 3 aromatic rings. The molecule has 0 aliphatic heterocycles. The van der Waals surface area contributed by atoms with E-state index >= 15 is 0 Å². The highest BCUT2D eigenvalue weighted by atomic mass is 32.2. The third kappa shape index (κ3) is 5.77. The molecule has 29 heavy (non-hydrogen) atoms. The van der Waals surface area contributed by atoms with Gasteiger partial charge in [0.05, 0.1) is 12.0 Å². The molecule has 1 heterocycles. The second-order valence-corrected chi connectivity index (χ2v) is 7.60. The minimum absolute atomic E-state index is 0.290. The van der Waals surface area contributed by atoms with Gasteiger partial charge in [0.1, 0.15) is 11.6 Å². The van der Waals surface area contributed by atoms with Crippen LogP contribution in [0.4, 0.5) is 10.1 Å². The van der Waals surface area contributed by atoms with Crippen molar-refractivity contribution in [3.8, 4) is 11.6 Å². The van der Waals surface area contributed by atoms with Gasteiger partial charge >= 0.3 is 0 Å². The number of rotatable bonds is 7. The fourth-order valence-electron chi connectivity index (χ4n) is 2.45. The van der Waals surface area contributed by atoms with Crippen molar-refractivity contribution in [3.05, 3.63) is 65.6 Å². The van der Waals surface area contributed by atoms with Gasteiger partial charge in [0, 0.05) is 30.8 Å². The first-order valence-electron chi connectivity index (χ1n) is 9.24. The number of aliphatic imine (C=N–C) groups is 1.